The van der Waals surface area contributed by atoms with Crippen molar-refractivity contribution in [2.45, 2.75) is 16.9 Å². The van der Waals surface area contributed by atoms with Crippen LogP contribution in [0.3, 0.4) is 0 Å². The molecule has 19 heavy (non-hydrogen) atoms. The first-order chi connectivity index (χ1) is 9.24. The Morgan fingerprint density at radius 2 is 2.16 bits per heavy atom. The van der Waals surface area contributed by atoms with Gasteiger partial charge in [0.1, 0.15) is 11.1 Å². The van der Waals surface area contributed by atoms with Crippen molar-refractivity contribution in [2.24, 2.45) is 0 Å². The third-order valence-electron chi connectivity index (χ3n) is 2.64. The topological polar surface area (TPSA) is 65.2 Å². The average Bonchev–Trinajstić information content (AvgIpc) is 3.01. The zero-order valence-corrected chi connectivity index (χ0v) is 10.5. The summed E-state index contributed by atoms with van der Waals surface area (Å²) in [5.74, 6) is -0.606. The minimum Gasteiger partial charge on any atom is -0.465 e. The summed E-state index contributed by atoms with van der Waals surface area (Å²) in [5.41, 5.74) is 0.246. The zero-order valence-electron chi connectivity index (χ0n) is 9.71. The molecule has 0 N–H and O–H groups in total. The highest BCUT2D eigenvalue weighted by Gasteiger charge is 2.29. The highest BCUT2D eigenvalue weighted by atomic mass is 32.2. The van der Waals surface area contributed by atoms with E-state index in [4.69, 9.17) is 9.15 Å². The Labute approximate surface area is 112 Å². The number of esters is 1. The Morgan fingerprint density at radius 1 is 1.32 bits per heavy atom. The quantitative estimate of drug-likeness (QED) is 0.804. The normalized spacial score (nSPS) is 18.6. The fourth-order valence-corrected chi connectivity index (χ4v) is 2.54. The Kier molecular flexibility index (Phi) is 3.20. The molecule has 2 aromatic rings. The van der Waals surface area contributed by atoms with E-state index in [1.807, 2.05) is 0 Å². The lowest BCUT2D eigenvalue weighted by molar-refractivity contribution is -0.137. The molecule has 3 rings (SSSR count). The van der Waals surface area contributed by atoms with E-state index in [1.165, 1.54) is 6.07 Å². The number of halogens is 1. The first kappa shape index (κ1) is 12.2. The molecule has 7 heteroatoms. The van der Waals surface area contributed by atoms with Gasteiger partial charge in [0.05, 0.1) is 12.2 Å². The van der Waals surface area contributed by atoms with E-state index in [9.17, 15) is 9.18 Å². The van der Waals surface area contributed by atoms with Crippen LogP contribution in [0.4, 0.5) is 4.39 Å². The summed E-state index contributed by atoms with van der Waals surface area (Å²) in [6.45, 7) is 0.408. The first-order valence-electron chi connectivity index (χ1n) is 5.66. The van der Waals surface area contributed by atoms with Crippen molar-refractivity contribution < 1.29 is 18.3 Å². The van der Waals surface area contributed by atoms with Gasteiger partial charge in [-0.2, -0.15) is 0 Å². The molecule has 1 aromatic heterocycles. The van der Waals surface area contributed by atoms with Gasteiger partial charge in [-0.3, -0.25) is 4.79 Å². The lowest BCUT2D eigenvalue weighted by atomic mass is 10.2. The molecule has 1 aliphatic heterocycles. The second-order valence-electron chi connectivity index (χ2n) is 3.92. The molecule has 1 aliphatic rings. The van der Waals surface area contributed by atoms with Gasteiger partial charge in [-0.25, -0.2) is 4.39 Å². The van der Waals surface area contributed by atoms with Crippen LogP contribution < -0.4 is 0 Å². The first-order valence-corrected chi connectivity index (χ1v) is 6.54. The molecule has 0 saturated carbocycles. The Hall–Kier alpha value is -1.89. The van der Waals surface area contributed by atoms with Gasteiger partial charge in [0.2, 0.25) is 0 Å². The summed E-state index contributed by atoms with van der Waals surface area (Å²) in [7, 11) is 0. The zero-order chi connectivity index (χ0) is 13.2. The van der Waals surface area contributed by atoms with E-state index < -0.39 is 5.82 Å². The van der Waals surface area contributed by atoms with Crippen LogP contribution in [0, 0.1) is 5.82 Å². The summed E-state index contributed by atoms with van der Waals surface area (Å²) >= 11 is 1.14. The van der Waals surface area contributed by atoms with E-state index in [2.05, 4.69) is 10.2 Å². The summed E-state index contributed by atoms with van der Waals surface area (Å²) in [6, 6.07) is 6.14. The number of thioether (sulfide) groups is 1. The fraction of sp³-hybridized carbons (Fsp3) is 0.250. The fourth-order valence-electron chi connectivity index (χ4n) is 1.71. The molecule has 0 unspecified atom stereocenters. The molecule has 0 aliphatic carbocycles. The number of aromatic nitrogens is 2. The molecule has 2 heterocycles. The van der Waals surface area contributed by atoms with Crippen LogP contribution in [-0.4, -0.2) is 28.0 Å². The molecule has 0 amide bonds. The summed E-state index contributed by atoms with van der Waals surface area (Å²) in [4.78, 5) is 11.3. The number of ether oxygens (including phenoxy) is 1. The lowest BCUT2D eigenvalue weighted by Crippen LogP contribution is -2.09. The number of rotatable bonds is 3. The standard InChI is InChI=1S/C12H9FN2O3S/c13-8-4-2-1-3-7(8)10-14-15-12(18-10)19-9-5-6-17-11(9)16/h1-4,9H,5-6H2/t9-/m1/s1. The van der Waals surface area contributed by atoms with Crippen LogP contribution in [-0.2, 0) is 9.53 Å². The number of carbonyl (C=O) groups is 1. The van der Waals surface area contributed by atoms with Gasteiger partial charge in [0.25, 0.3) is 11.1 Å². The van der Waals surface area contributed by atoms with Crippen molar-refractivity contribution in [3.8, 4) is 11.5 Å². The van der Waals surface area contributed by atoms with Crippen molar-refractivity contribution >= 4 is 17.7 Å². The van der Waals surface area contributed by atoms with E-state index in [-0.39, 0.29) is 27.9 Å². The molecule has 5 nitrogen and oxygen atoms in total. The predicted octanol–water partition coefficient (Wildman–Crippen LogP) is 2.28. The molecule has 0 spiro atoms. The van der Waals surface area contributed by atoms with Crippen LogP contribution >= 0.6 is 11.8 Å². The Morgan fingerprint density at radius 3 is 2.89 bits per heavy atom. The minimum absolute atomic E-state index is 0.104. The molecular formula is C12H9FN2O3S. The Bertz CT molecular complexity index is 617. The number of nitrogens with zero attached hydrogens (tertiary/aromatic N) is 2. The molecule has 1 saturated heterocycles. The maximum absolute atomic E-state index is 13.5. The van der Waals surface area contributed by atoms with Crippen LogP contribution in [0.2, 0.25) is 0 Å². The smallest absolute Gasteiger partial charge is 0.319 e. The second kappa shape index (κ2) is 5.00. The molecule has 1 atom stereocenters. The van der Waals surface area contributed by atoms with E-state index in [0.29, 0.717) is 13.0 Å². The number of hydrogen-bond acceptors (Lipinski definition) is 6. The average molecular weight is 280 g/mol. The third kappa shape index (κ3) is 2.46. The van der Waals surface area contributed by atoms with Gasteiger partial charge in [0, 0.05) is 6.42 Å². The number of hydrogen-bond donors (Lipinski definition) is 0. The predicted molar refractivity (Wildman–Crippen MR) is 64.9 cm³/mol. The van der Waals surface area contributed by atoms with Crippen LogP contribution in [0.1, 0.15) is 6.42 Å². The summed E-state index contributed by atoms with van der Waals surface area (Å²) in [5, 5.41) is 7.50. The van der Waals surface area contributed by atoms with Crippen LogP contribution in [0.25, 0.3) is 11.5 Å². The van der Waals surface area contributed by atoms with Crippen molar-refractivity contribution in [1.82, 2.24) is 10.2 Å². The number of cyclic esters (lactones) is 1. The van der Waals surface area contributed by atoms with E-state index in [1.54, 1.807) is 18.2 Å². The number of carbonyl (C=O) groups excluding carboxylic acids is 1. The van der Waals surface area contributed by atoms with Crippen molar-refractivity contribution in [3.05, 3.63) is 30.1 Å². The van der Waals surface area contributed by atoms with E-state index >= 15 is 0 Å². The van der Waals surface area contributed by atoms with Gasteiger partial charge < -0.3 is 9.15 Å². The minimum atomic E-state index is -0.428. The summed E-state index contributed by atoms with van der Waals surface area (Å²) < 4.78 is 23.7. The van der Waals surface area contributed by atoms with Gasteiger partial charge in [-0.15, -0.1) is 10.2 Å². The SMILES string of the molecule is O=C1OCC[C@H]1Sc1nnc(-c2ccccc2F)o1. The molecule has 1 fully saturated rings. The number of benzene rings is 1. The largest absolute Gasteiger partial charge is 0.465 e. The highest BCUT2D eigenvalue weighted by molar-refractivity contribution is 8.00. The van der Waals surface area contributed by atoms with Gasteiger partial charge in [0.15, 0.2) is 0 Å². The van der Waals surface area contributed by atoms with Gasteiger partial charge in [-0.1, -0.05) is 12.1 Å². The molecular weight excluding hydrogens is 271 g/mol. The van der Waals surface area contributed by atoms with Gasteiger partial charge in [-0.05, 0) is 23.9 Å². The molecule has 0 bridgehead atoms. The monoisotopic (exact) mass is 280 g/mol. The van der Waals surface area contributed by atoms with Crippen LogP contribution in [0.5, 0.6) is 0 Å². The Balaban J connectivity index is 1.80. The van der Waals surface area contributed by atoms with Crippen molar-refractivity contribution in [3.63, 3.8) is 0 Å². The molecule has 1 aromatic carbocycles. The van der Waals surface area contributed by atoms with Crippen molar-refractivity contribution in [1.29, 1.82) is 0 Å². The third-order valence-corrected chi connectivity index (χ3v) is 3.72. The molecule has 0 radical (unpaired) electrons. The highest BCUT2D eigenvalue weighted by Crippen LogP contribution is 2.31. The maximum atomic E-state index is 13.5. The second-order valence-corrected chi connectivity index (χ2v) is 5.07. The van der Waals surface area contributed by atoms with Crippen molar-refractivity contribution in [2.75, 3.05) is 6.61 Å². The lowest BCUT2D eigenvalue weighted by Gasteiger charge is -1.99. The summed E-state index contributed by atoms with van der Waals surface area (Å²) in [6.07, 6.45) is 0.612. The van der Waals surface area contributed by atoms with E-state index in [0.717, 1.165) is 11.8 Å². The maximum Gasteiger partial charge on any atom is 0.319 e. The molecule has 98 valence electrons. The van der Waals surface area contributed by atoms with Crippen LogP contribution in [0.15, 0.2) is 33.9 Å². The van der Waals surface area contributed by atoms with Gasteiger partial charge >= 0.3 is 5.97 Å².